The third-order valence-corrected chi connectivity index (χ3v) is 1.79. The number of nitrogens with one attached hydrogen (secondary N) is 1. The van der Waals surface area contributed by atoms with Crippen LogP contribution in [-0.4, -0.2) is 32.4 Å². The summed E-state index contributed by atoms with van der Waals surface area (Å²) in [7, 11) is 0. The predicted molar refractivity (Wildman–Crippen MR) is 48.0 cm³/mol. The van der Waals surface area contributed by atoms with Gasteiger partial charge in [-0.05, 0) is 13.8 Å². The highest BCUT2D eigenvalue weighted by molar-refractivity contribution is 5.95. The molecule has 0 saturated carbocycles. The minimum Gasteiger partial charge on any atom is -0.462 e. The van der Waals surface area contributed by atoms with E-state index in [0.29, 0.717) is 23.6 Å². The quantitative estimate of drug-likeness (QED) is 0.708. The van der Waals surface area contributed by atoms with E-state index in [1.165, 1.54) is 10.8 Å². The normalized spacial score (nSPS) is 10.7. The number of hydrogen-bond acceptors (Lipinski definition) is 4. The molecule has 6 nitrogen and oxygen atoms in total. The Kier molecular flexibility index (Phi) is 1.95. The Morgan fingerprint density at radius 3 is 3.21 bits per heavy atom. The second-order valence-corrected chi connectivity index (χ2v) is 2.83. The monoisotopic (exact) mass is 194 g/mol. The van der Waals surface area contributed by atoms with Crippen LogP contribution in [0.25, 0.3) is 5.65 Å². The fraction of sp³-hybridized carbons (Fsp3) is 0.375. The molecular weight excluding hydrogens is 184 g/mol. The zero-order valence-electron chi connectivity index (χ0n) is 7.94. The number of esters is 1. The van der Waals surface area contributed by atoms with Gasteiger partial charge in [-0.3, -0.25) is 0 Å². The van der Waals surface area contributed by atoms with Crippen LogP contribution in [0.5, 0.6) is 0 Å². The summed E-state index contributed by atoms with van der Waals surface area (Å²) in [4.78, 5) is 14.3. The molecule has 0 bridgehead atoms. The Bertz CT molecular complexity index is 471. The predicted octanol–water partition coefficient (Wildman–Crippen LogP) is 0.543. The van der Waals surface area contributed by atoms with Crippen molar-refractivity contribution in [2.75, 3.05) is 6.61 Å². The number of hydrogen-bond donors (Lipinski definition) is 1. The number of H-pyrrole nitrogens is 1. The van der Waals surface area contributed by atoms with Gasteiger partial charge in [0.05, 0.1) is 12.8 Å². The second-order valence-electron chi connectivity index (χ2n) is 2.83. The van der Waals surface area contributed by atoms with Crippen molar-refractivity contribution in [3.8, 4) is 0 Å². The molecule has 0 amide bonds. The van der Waals surface area contributed by atoms with Crippen LogP contribution in [0.3, 0.4) is 0 Å². The summed E-state index contributed by atoms with van der Waals surface area (Å²) in [5.74, 6) is 0.324. The van der Waals surface area contributed by atoms with Crippen molar-refractivity contribution >= 4 is 11.6 Å². The van der Waals surface area contributed by atoms with Crippen molar-refractivity contribution in [1.29, 1.82) is 0 Å². The molecule has 1 N–H and O–H groups in total. The van der Waals surface area contributed by atoms with Gasteiger partial charge in [-0.1, -0.05) is 0 Å². The molecular formula is C8H10N4O2. The van der Waals surface area contributed by atoms with Gasteiger partial charge in [0.25, 0.3) is 0 Å². The number of aryl methyl sites for hydroxylation is 1. The smallest absolute Gasteiger partial charge is 0.343 e. The van der Waals surface area contributed by atoms with E-state index in [4.69, 9.17) is 4.74 Å². The molecule has 2 heterocycles. The fourth-order valence-corrected chi connectivity index (χ4v) is 1.23. The lowest BCUT2D eigenvalue weighted by molar-refractivity contribution is 0.0528. The van der Waals surface area contributed by atoms with Gasteiger partial charge in [0.1, 0.15) is 11.4 Å². The first-order valence-electron chi connectivity index (χ1n) is 4.30. The summed E-state index contributed by atoms with van der Waals surface area (Å²) in [5, 5.41) is 7.93. The van der Waals surface area contributed by atoms with Crippen LogP contribution in [0, 0.1) is 6.92 Å². The summed E-state index contributed by atoms with van der Waals surface area (Å²) >= 11 is 0. The molecule has 2 rings (SSSR count). The summed E-state index contributed by atoms with van der Waals surface area (Å²) in [6.07, 6.45) is 1.44. The van der Waals surface area contributed by atoms with Crippen LogP contribution < -0.4 is 0 Å². The highest BCUT2D eigenvalue weighted by Crippen LogP contribution is 2.08. The largest absolute Gasteiger partial charge is 0.462 e. The molecule has 0 fully saturated rings. The topological polar surface area (TPSA) is 72.3 Å². The van der Waals surface area contributed by atoms with Crippen molar-refractivity contribution in [3.63, 3.8) is 0 Å². The maximum Gasteiger partial charge on any atom is 0.343 e. The summed E-state index contributed by atoms with van der Waals surface area (Å²) < 4.78 is 6.24. The van der Waals surface area contributed by atoms with Crippen LogP contribution in [0.4, 0.5) is 0 Å². The number of aromatic nitrogens is 4. The standard InChI is InChI=1S/C8H10N4O2/c1-3-14-8(13)6-4-9-12-7(6)10-5(2)11-12/h4H,3H2,1-2H3,(H,10,11). The Morgan fingerprint density at radius 1 is 1.71 bits per heavy atom. The first-order chi connectivity index (χ1) is 6.72. The number of carbonyl (C=O) groups excluding carboxylic acids is 1. The van der Waals surface area contributed by atoms with Crippen molar-refractivity contribution in [2.24, 2.45) is 0 Å². The Labute approximate surface area is 79.9 Å². The van der Waals surface area contributed by atoms with Gasteiger partial charge in [0.2, 0.25) is 0 Å². The maximum absolute atomic E-state index is 11.4. The van der Waals surface area contributed by atoms with Gasteiger partial charge < -0.3 is 9.72 Å². The van der Waals surface area contributed by atoms with Gasteiger partial charge in [0, 0.05) is 0 Å². The van der Waals surface area contributed by atoms with E-state index in [-0.39, 0.29) is 5.97 Å². The van der Waals surface area contributed by atoms with Crippen LogP contribution >= 0.6 is 0 Å². The van der Waals surface area contributed by atoms with Crippen LogP contribution in [-0.2, 0) is 4.74 Å². The van der Waals surface area contributed by atoms with E-state index in [9.17, 15) is 4.79 Å². The number of fused-ring (bicyclic) bond motifs is 1. The Morgan fingerprint density at radius 2 is 2.50 bits per heavy atom. The Hall–Kier alpha value is -1.85. The molecule has 0 atom stereocenters. The van der Waals surface area contributed by atoms with E-state index >= 15 is 0 Å². The maximum atomic E-state index is 11.4. The average molecular weight is 194 g/mol. The molecule has 0 aliphatic carbocycles. The highest BCUT2D eigenvalue weighted by Gasteiger charge is 2.15. The molecule has 0 spiro atoms. The Balaban J connectivity index is 2.46. The average Bonchev–Trinajstić information content (AvgIpc) is 2.62. The lowest BCUT2D eigenvalue weighted by Gasteiger charge is -1.96. The molecule has 2 aromatic rings. The first-order valence-corrected chi connectivity index (χ1v) is 4.30. The molecule has 0 radical (unpaired) electrons. The minimum atomic E-state index is -0.383. The van der Waals surface area contributed by atoms with Crippen molar-refractivity contribution < 1.29 is 9.53 Å². The SMILES string of the molecule is CCOC(=O)c1cnn2nc(C)[nH]c12. The first kappa shape index (κ1) is 8.74. The molecule has 2 aromatic heterocycles. The lowest BCUT2D eigenvalue weighted by Crippen LogP contribution is -2.03. The molecule has 74 valence electrons. The van der Waals surface area contributed by atoms with Crippen LogP contribution in [0.2, 0.25) is 0 Å². The van der Waals surface area contributed by atoms with E-state index in [2.05, 4.69) is 15.2 Å². The number of rotatable bonds is 2. The second kappa shape index (κ2) is 3.13. The number of nitrogens with zero attached hydrogens (tertiary/aromatic N) is 3. The highest BCUT2D eigenvalue weighted by atomic mass is 16.5. The van der Waals surface area contributed by atoms with E-state index < -0.39 is 0 Å². The van der Waals surface area contributed by atoms with Gasteiger partial charge in [-0.15, -0.1) is 9.73 Å². The van der Waals surface area contributed by atoms with Crippen LogP contribution in [0.15, 0.2) is 6.20 Å². The summed E-state index contributed by atoms with van der Waals surface area (Å²) in [5.41, 5.74) is 0.980. The molecule has 0 saturated heterocycles. The number of aromatic amines is 1. The minimum absolute atomic E-state index is 0.350. The van der Waals surface area contributed by atoms with E-state index in [0.717, 1.165) is 0 Å². The van der Waals surface area contributed by atoms with E-state index in [1.54, 1.807) is 13.8 Å². The summed E-state index contributed by atoms with van der Waals surface area (Å²) in [6, 6.07) is 0. The molecule has 14 heavy (non-hydrogen) atoms. The number of ether oxygens (including phenoxy) is 1. The fourth-order valence-electron chi connectivity index (χ4n) is 1.23. The molecule has 6 heteroatoms. The van der Waals surface area contributed by atoms with Crippen molar-refractivity contribution in [2.45, 2.75) is 13.8 Å². The number of carbonyl (C=O) groups is 1. The van der Waals surface area contributed by atoms with Crippen molar-refractivity contribution in [1.82, 2.24) is 19.8 Å². The molecule has 0 aliphatic rings. The third-order valence-electron chi connectivity index (χ3n) is 1.79. The molecule has 0 unspecified atom stereocenters. The zero-order valence-corrected chi connectivity index (χ0v) is 7.94. The van der Waals surface area contributed by atoms with Gasteiger partial charge >= 0.3 is 5.97 Å². The molecule has 0 aliphatic heterocycles. The lowest BCUT2D eigenvalue weighted by atomic mass is 10.3. The molecule has 0 aromatic carbocycles. The van der Waals surface area contributed by atoms with Crippen LogP contribution in [0.1, 0.15) is 23.1 Å². The van der Waals surface area contributed by atoms with Crippen molar-refractivity contribution in [3.05, 3.63) is 17.6 Å². The third kappa shape index (κ3) is 1.24. The van der Waals surface area contributed by atoms with Gasteiger partial charge in [0.15, 0.2) is 5.65 Å². The van der Waals surface area contributed by atoms with Gasteiger partial charge in [-0.25, -0.2) is 4.79 Å². The van der Waals surface area contributed by atoms with E-state index in [1.807, 2.05) is 0 Å². The zero-order chi connectivity index (χ0) is 10.1. The summed E-state index contributed by atoms with van der Waals surface area (Å²) in [6.45, 7) is 3.91. The van der Waals surface area contributed by atoms with Gasteiger partial charge in [-0.2, -0.15) is 5.10 Å².